The summed E-state index contributed by atoms with van der Waals surface area (Å²) in [7, 11) is 0. The van der Waals surface area contributed by atoms with E-state index < -0.39 is 5.97 Å². The maximum atomic E-state index is 13.0. The van der Waals surface area contributed by atoms with Gasteiger partial charge in [-0.05, 0) is 52.7 Å². The Morgan fingerprint density at radius 2 is 1.55 bits per heavy atom. The molecule has 4 aromatic rings. The van der Waals surface area contributed by atoms with E-state index in [1.807, 2.05) is 66.7 Å². The minimum atomic E-state index is -0.437. The van der Waals surface area contributed by atoms with Gasteiger partial charge in [0.25, 0.3) is 0 Å². The van der Waals surface area contributed by atoms with Crippen LogP contribution in [0.2, 0.25) is 0 Å². The Kier molecular flexibility index (Phi) is 6.68. The minimum Gasteiger partial charge on any atom is -0.422 e. The highest BCUT2D eigenvalue weighted by Gasteiger charge is 2.18. The number of hydrogen-bond donors (Lipinski definition) is 0. The number of benzene rings is 3. The van der Waals surface area contributed by atoms with Gasteiger partial charge in [0.15, 0.2) is 0 Å². The molecule has 0 aliphatic carbocycles. The molecule has 4 nitrogen and oxygen atoms in total. The number of rotatable bonds is 6. The summed E-state index contributed by atoms with van der Waals surface area (Å²) in [5.41, 5.74) is 3.20. The van der Waals surface area contributed by atoms with E-state index in [1.54, 1.807) is 6.07 Å². The lowest BCUT2D eigenvalue weighted by Crippen LogP contribution is -2.07. The Labute approximate surface area is 197 Å². The van der Waals surface area contributed by atoms with E-state index >= 15 is 0 Å². The molecule has 0 unspecified atom stereocenters. The third kappa shape index (κ3) is 4.65. The van der Waals surface area contributed by atoms with Gasteiger partial charge in [-0.1, -0.05) is 65.3 Å². The number of aromatic nitrogens is 2. The molecule has 4 rings (SSSR count). The smallest absolute Gasteiger partial charge is 0.344 e. The summed E-state index contributed by atoms with van der Waals surface area (Å²) in [5, 5.41) is 0. The Morgan fingerprint density at radius 1 is 0.935 bits per heavy atom. The van der Waals surface area contributed by atoms with Gasteiger partial charge in [-0.2, -0.15) is 0 Å². The van der Waals surface area contributed by atoms with Crippen molar-refractivity contribution in [2.24, 2.45) is 0 Å². The number of fused-ring (bicyclic) bond motifs is 1. The number of halogens is 2. The average molecular weight is 540 g/mol. The van der Waals surface area contributed by atoms with Crippen molar-refractivity contribution in [3.63, 3.8) is 0 Å². The lowest BCUT2D eigenvalue weighted by Gasteiger charge is -2.12. The van der Waals surface area contributed by atoms with E-state index in [4.69, 9.17) is 9.72 Å². The molecule has 0 amide bonds. The van der Waals surface area contributed by atoms with Gasteiger partial charge in [0.1, 0.15) is 11.6 Å². The van der Waals surface area contributed by atoms with E-state index in [-0.39, 0.29) is 0 Å². The van der Waals surface area contributed by atoms with Gasteiger partial charge in [-0.3, -0.25) is 0 Å². The zero-order chi connectivity index (χ0) is 21.8. The maximum Gasteiger partial charge on any atom is 0.344 e. The molecular weight excluding hydrogens is 520 g/mol. The first kappa shape index (κ1) is 21.5. The second-order valence-electron chi connectivity index (χ2n) is 6.97. The van der Waals surface area contributed by atoms with Crippen LogP contribution in [0.1, 0.15) is 35.1 Å². The van der Waals surface area contributed by atoms with Crippen molar-refractivity contribution in [1.29, 1.82) is 0 Å². The first-order valence-corrected chi connectivity index (χ1v) is 11.6. The molecule has 0 aliphatic rings. The van der Waals surface area contributed by atoms with Crippen LogP contribution in [0.25, 0.3) is 22.9 Å². The molecule has 0 bridgehead atoms. The van der Waals surface area contributed by atoms with Gasteiger partial charge >= 0.3 is 5.97 Å². The van der Waals surface area contributed by atoms with Crippen LogP contribution in [0.3, 0.4) is 0 Å². The van der Waals surface area contributed by atoms with Crippen molar-refractivity contribution >= 4 is 60.7 Å². The molecule has 0 fully saturated rings. The zero-order valence-electron chi connectivity index (χ0n) is 16.9. The summed E-state index contributed by atoms with van der Waals surface area (Å²) < 4.78 is 9.60. The van der Waals surface area contributed by atoms with E-state index in [0.29, 0.717) is 15.8 Å². The molecule has 0 radical (unpaired) electrons. The standard InChI is InChI=1S/C25H20Br2N2O2/c1-2-15-29-22-14-8-7-13-21(22)28-24(29)16-23(17-9-3-5-11-19(17)26)31-25(30)18-10-4-6-12-20(18)27/h3-14,16H,2,15H2,1H3/b23-16+. The topological polar surface area (TPSA) is 44.1 Å². The lowest BCUT2D eigenvalue weighted by molar-refractivity contribution is 0.0692. The van der Waals surface area contributed by atoms with Crippen LogP contribution in [-0.4, -0.2) is 15.5 Å². The summed E-state index contributed by atoms with van der Waals surface area (Å²) in [6.45, 7) is 2.94. The first-order valence-electron chi connectivity index (χ1n) is 9.97. The molecule has 31 heavy (non-hydrogen) atoms. The summed E-state index contributed by atoms with van der Waals surface area (Å²) in [5.74, 6) is 0.738. The second kappa shape index (κ2) is 9.62. The Morgan fingerprint density at radius 3 is 2.23 bits per heavy atom. The van der Waals surface area contributed by atoms with Crippen molar-refractivity contribution in [2.75, 3.05) is 0 Å². The molecular formula is C25H20Br2N2O2. The molecule has 0 aliphatic heterocycles. The Bertz CT molecular complexity index is 1280. The normalized spacial score (nSPS) is 11.6. The van der Waals surface area contributed by atoms with Crippen LogP contribution in [0.15, 0.2) is 81.7 Å². The molecule has 0 spiro atoms. The highest BCUT2D eigenvalue weighted by atomic mass is 79.9. The fourth-order valence-electron chi connectivity index (χ4n) is 3.39. The van der Waals surface area contributed by atoms with Crippen LogP contribution in [0.5, 0.6) is 0 Å². The summed E-state index contributed by atoms with van der Waals surface area (Å²) in [4.78, 5) is 17.8. The van der Waals surface area contributed by atoms with E-state index in [2.05, 4.69) is 49.4 Å². The Hall–Kier alpha value is -2.70. The van der Waals surface area contributed by atoms with Crippen LogP contribution in [-0.2, 0) is 11.3 Å². The van der Waals surface area contributed by atoms with Crippen LogP contribution in [0.4, 0.5) is 0 Å². The number of carbonyl (C=O) groups excluding carboxylic acids is 1. The number of ether oxygens (including phenoxy) is 1. The predicted molar refractivity (Wildman–Crippen MR) is 132 cm³/mol. The summed E-state index contributed by atoms with van der Waals surface area (Å²) >= 11 is 7.02. The number of carbonyl (C=O) groups is 1. The molecule has 0 atom stereocenters. The lowest BCUT2D eigenvalue weighted by atomic mass is 10.1. The van der Waals surface area contributed by atoms with E-state index in [9.17, 15) is 4.79 Å². The zero-order valence-corrected chi connectivity index (χ0v) is 20.1. The summed E-state index contributed by atoms with van der Waals surface area (Å²) in [6.07, 6.45) is 2.80. The third-order valence-electron chi connectivity index (χ3n) is 4.83. The van der Waals surface area contributed by atoms with E-state index in [0.717, 1.165) is 39.9 Å². The van der Waals surface area contributed by atoms with Crippen molar-refractivity contribution in [3.05, 3.63) is 98.7 Å². The quantitative estimate of drug-likeness (QED) is 0.190. The SMILES string of the molecule is CCCn1c(/C=C(/OC(=O)c2ccccc2Br)c2ccccc2Br)nc2ccccc21. The van der Waals surface area contributed by atoms with Crippen molar-refractivity contribution in [2.45, 2.75) is 19.9 Å². The van der Waals surface area contributed by atoms with Gasteiger partial charge < -0.3 is 9.30 Å². The third-order valence-corrected chi connectivity index (χ3v) is 6.21. The number of esters is 1. The predicted octanol–water partition coefficient (Wildman–Crippen LogP) is 7.33. The highest BCUT2D eigenvalue weighted by Crippen LogP contribution is 2.30. The molecule has 1 aromatic heterocycles. The Balaban J connectivity index is 1.84. The second-order valence-corrected chi connectivity index (χ2v) is 8.68. The maximum absolute atomic E-state index is 13.0. The number of aryl methyl sites for hydroxylation is 1. The fraction of sp³-hybridized carbons (Fsp3) is 0.120. The number of hydrogen-bond acceptors (Lipinski definition) is 3. The molecule has 0 saturated heterocycles. The summed E-state index contributed by atoms with van der Waals surface area (Å²) in [6, 6.07) is 22.9. The molecule has 156 valence electrons. The molecule has 3 aromatic carbocycles. The monoisotopic (exact) mass is 538 g/mol. The highest BCUT2D eigenvalue weighted by molar-refractivity contribution is 9.10. The van der Waals surface area contributed by atoms with Crippen LogP contribution in [0, 0.1) is 0 Å². The van der Waals surface area contributed by atoms with Gasteiger partial charge in [-0.25, -0.2) is 9.78 Å². The average Bonchev–Trinajstić information content (AvgIpc) is 3.11. The fourth-order valence-corrected chi connectivity index (χ4v) is 4.31. The van der Waals surface area contributed by atoms with E-state index in [1.165, 1.54) is 0 Å². The van der Waals surface area contributed by atoms with Crippen LogP contribution < -0.4 is 0 Å². The first-order chi connectivity index (χ1) is 15.1. The van der Waals surface area contributed by atoms with Crippen molar-refractivity contribution in [1.82, 2.24) is 9.55 Å². The van der Waals surface area contributed by atoms with Gasteiger partial charge in [0.2, 0.25) is 0 Å². The molecule has 0 saturated carbocycles. The largest absolute Gasteiger partial charge is 0.422 e. The minimum absolute atomic E-state index is 0.431. The van der Waals surface area contributed by atoms with Crippen LogP contribution >= 0.6 is 31.9 Å². The number of nitrogens with zero attached hydrogens (tertiary/aromatic N) is 2. The van der Waals surface area contributed by atoms with Gasteiger partial charge in [0, 0.05) is 27.1 Å². The van der Waals surface area contributed by atoms with Gasteiger partial charge in [0.05, 0.1) is 16.6 Å². The molecule has 6 heteroatoms. The molecule has 0 N–H and O–H groups in total. The van der Waals surface area contributed by atoms with Crippen molar-refractivity contribution < 1.29 is 9.53 Å². The van der Waals surface area contributed by atoms with Crippen molar-refractivity contribution in [3.8, 4) is 0 Å². The van der Waals surface area contributed by atoms with Gasteiger partial charge in [-0.15, -0.1) is 0 Å². The molecule has 1 heterocycles. The number of para-hydroxylation sites is 2. The number of imidazole rings is 1.